The number of nitrogens with zero attached hydrogens (tertiary/aromatic N) is 2. The molecule has 21 heavy (non-hydrogen) atoms. The summed E-state index contributed by atoms with van der Waals surface area (Å²) in [6.45, 7) is 0. The van der Waals surface area contributed by atoms with Crippen LogP contribution < -0.4 is 9.75 Å². The quantitative estimate of drug-likeness (QED) is 0.864. The van der Waals surface area contributed by atoms with Crippen LogP contribution in [-0.2, 0) is 11.2 Å². The van der Waals surface area contributed by atoms with Crippen molar-refractivity contribution in [2.24, 2.45) is 5.10 Å². The first kappa shape index (κ1) is 13.4. The van der Waals surface area contributed by atoms with Crippen molar-refractivity contribution >= 4 is 17.3 Å². The Morgan fingerprint density at radius 1 is 1.10 bits per heavy atom. The molecule has 3 rings (SSSR count). The molecular formula is C17H16N2O2. The number of para-hydroxylation sites is 1. The Hall–Kier alpha value is -2.62. The summed E-state index contributed by atoms with van der Waals surface area (Å²) in [6, 6.07) is 17.3. The first-order chi connectivity index (χ1) is 10.3. The standard InChI is InChI=1S/C17H16N2O2/c1-21-16-9-7-13(8-10-16)11-14-12-17(20)19(18-14)15-5-3-2-4-6-15/h2-10H,11-12H2,1H3. The van der Waals surface area contributed by atoms with E-state index in [0.29, 0.717) is 12.8 Å². The van der Waals surface area contributed by atoms with Gasteiger partial charge in [-0.05, 0) is 29.8 Å². The van der Waals surface area contributed by atoms with Gasteiger partial charge in [-0.3, -0.25) is 4.79 Å². The molecule has 1 aliphatic heterocycles. The second-order valence-electron chi connectivity index (χ2n) is 4.91. The highest BCUT2D eigenvalue weighted by molar-refractivity contribution is 6.13. The maximum atomic E-state index is 12.1. The number of rotatable bonds is 4. The number of hydrogen-bond donors (Lipinski definition) is 0. The highest BCUT2D eigenvalue weighted by Gasteiger charge is 2.24. The number of ether oxygens (including phenoxy) is 1. The van der Waals surface area contributed by atoms with Crippen LogP contribution in [0.25, 0.3) is 0 Å². The van der Waals surface area contributed by atoms with E-state index in [1.54, 1.807) is 7.11 Å². The molecule has 0 bridgehead atoms. The molecule has 0 N–H and O–H groups in total. The molecule has 0 radical (unpaired) electrons. The van der Waals surface area contributed by atoms with Gasteiger partial charge in [-0.2, -0.15) is 5.10 Å². The fourth-order valence-electron chi connectivity index (χ4n) is 2.33. The van der Waals surface area contributed by atoms with Gasteiger partial charge in [0, 0.05) is 6.42 Å². The van der Waals surface area contributed by atoms with Crippen LogP contribution in [0.3, 0.4) is 0 Å². The van der Waals surface area contributed by atoms with Crippen LogP contribution in [0.2, 0.25) is 0 Å². The second-order valence-corrected chi connectivity index (χ2v) is 4.91. The van der Waals surface area contributed by atoms with E-state index in [1.807, 2.05) is 54.6 Å². The number of anilines is 1. The van der Waals surface area contributed by atoms with Crippen molar-refractivity contribution in [3.05, 3.63) is 60.2 Å². The topological polar surface area (TPSA) is 41.9 Å². The predicted octanol–water partition coefficient (Wildman–Crippen LogP) is 3.03. The lowest BCUT2D eigenvalue weighted by molar-refractivity contribution is -0.116. The summed E-state index contributed by atoms with van der Waals surface area (Å²) in [6.07, 6.45) is 1.06. The van der Waals surface area contributed by atoms with Crippen molar-refractivity contribution in [1.82, 2.24) is 0 Å². The summed E-state index contributed by atoms with van der Waals surface area (Å²) in [7, 11) is 1.65. The molecule has 106 valence electrons. The summed E-state index contributed by atoms with van der Waals surface area (Å²) in [5.74, 6) is 0.846. The molecular weight excluding hydrogens is 264 g/mol. The lowest BCUT2D eigenvalue weighted by Gasteiger charge is -2.10. The average Bonchev–Trinajstić information content (AvgIpc) is 2.89. The summed E-state index contributed by atoms with van der Waals surface area (Å²) in [5, 5.41) is 5.93. The van der Waals surface area contributed by atoms with Gasteiger partial charge in [0.2, 0.25) is 0 Å². The van der Waals surface area contributed by atoms with Crippen molar-refractivity contribution in [1.29, 1.82) is 0 Å². The van der Waals surface area contributed by atoms with Gasteiger partial charge in [0.15, 0.2) is 0 Å². The Morgan fingerprint density at radius 3 is 2.48 bits per heavy atom. The smallest absolute Gasteiger partial charge is 0.253 e. The summed E-state index contributed by atoms with van der Waals surface area (Å²) in [5.41, 5.74) is 2.82. The highest BCUT2D eigenvalue weighted by atomic mass is 16.5. The molecule has 0 fully saturated rings. The zero-order valence-corrected chi connectivity index (χ0v) is 11.8. The number of carbonyl (C=O) groups is 1. The lowest BCUT2D eigenvalue weighted by atomic mass is 10.1. The predicted molar refractivity (Wildman–Crippen MR) is 82.7 cm³/mol. The van der Waals surface area contributed by atoms with Crippen LogP contribution in [0.15, 0.2) is 59.7 Å². The van der Waals surface area contributed by atoms with Crippen LogP contribution in [-0.4, -0.2) is 18.7 Å². The van der Waals surface area contributed by atoms with Crippen molar-refractivity contribution in [2.45, 2.75) is 12.8 Å². The van der Waals surface area contributed by atoms with Crippen molar-refractivity contribution in [3.8, 4) is 5.75 Å². The fourth-order valence-corrected chi connectivity index (χ4v) is 2.33. The average molecular weight is 280 g/mol. The number of hydrazone groups is 1. The van der Waals surface area contributed by atoms with Gasteiger partial charge in [0.25, 0.3) is 5.91 Å². The molecule has 0 atom stereocenters. The second kappa shape index (κ2) is 5.79. The van der Waals surface area contributed by atoms with E-state index in [9.17, 15) is 4.79 Å². The Labute approximate surface area is 123 Å². The van der Waals surface area contributed by atoms with E-state index in [2.05, 4.69) is 5.10 Å². The number of methoxy groups -OCH3 is 1. The summed E-state index contributed by atoms with van der Waals surface area (Å²) < 4.78 is 5.14. The molecule has 2 aromatic rings. The Kier molecular flexibility index (Phi) is 3.69. The molecule has 0 aliphatic carbocycles. The van der Waals surface area contributed by atoms with Gasteiger partial charge < -0.3 is 4.74 Å². The minimum atomic E-state index is 0.0183. The van der Waals surface area contributed by atoms with Gasteiger partial charge in [-0.1, -0.05) is 30.3 Å². The summed E-state index contributed by atoms with van der Waals surface area (Å²) in [4.78, 5) is 12.1. The molecule has 0 saturated heterocycles. The van der Waals surface area contributed by atoms with Crippen LogP contribution in [0, 0.1) is 0 Å². The third-order valence-corrected chi connectivity index (χ3v) is 3.40. The largest absolute Gasteiger partial charge is 0.497 e. The van der Waals surface area contributed by atoms with E-state index >= 15 is 0 Å². The molecule has 2 aromatic carbocycles. The van der Waals surface area contributed by atoms with Gasteiger partial charge in [-0.25, -0.2) is 5.01 Å². The van der Waals surface area contributed by atoms with Crippen molar-refractivity contribution < 1.29 is 9.53 Å². The zero-order chi connectivity index (χ0) is 14.7. The van der Waals surface area contributed by atoms with Crippen LogP contribution in [0.1, 0.15) is 12.0 Å². The zero-order valence-electron chi connectivity index (χ0n) is 11.8. The van der Waals surface area contributed by atoms with Gasteiger partial charge in [0.1, 0.15) is 5.75 Å². The lowest BCUT2D eigenvalue weighted by Crippen LogP contribution is -2.19. The number of amides is 1. The first-order valence-electron chi connectivity index (χ1n) is 6.83. The molecule has 0 saturated carbocycles. The third-order valence-electron chi connectivity index (χ3n) is 3.40. The van der Waals surface area contributed by atoms with E-state index < -0.39 is 0 Å². The number of carbonyl (C=O) groups excluding carboxylic acids is 1. The number of hydrogen-bond acceptors (Lipinski definition) is 3. The highest BCUT2D eigenvalue weighted by Crippen LogP contribution is 2.21. The minimum Gasteiger partial charge on any atom is -0.497 e. The number of benzene rings is 2. The van der Waals surface area contributed by atoms with Crippen molar-refractivity contribution in [2.75, 3.05) is 12.1 Å². The maximum Gasteiger partial charge on any atom is 0.253 e. The van der Waals surface area contributed by atoms with Crippen LogP contribution in [0.4, 0.5) is 5.69 Å². The monoisotopic (exact) mass is 280 g/mol. The van der Waals surface area contributed by atoms with E-state index in [0.717, 1.165) is 22.7 Å². The van der Waals surface area contributed by atoms with Gasteiger partial charge in [0.05, 0.1) is 24.9 Å². The fraction of sp³-hybridized carbons (Fsp3) is 0.176. The minimum absolute atomic E-state index is 0.0183. The molecule has 4 heteroatoms. The molecule has 4 nitrogen and oxygen atoms in total. The molecule has 0 unspecified atom stereocenters. The normalized spacial score (nSPS) is 14.2. The first-order valence-corrected chi connectivity index (χ1v) is 6.83. The van der Waals surface area contributed by atoms with Crippen LogP contribution in [0.5, 0.6) is 5.75 Å². The molecule has 0 aromatic heterocycles. The van der Waals surface area contributed by atoms with E-state index in [-0.39, 0.29) is 5.91 Å². The Morgan fingerprint density at radius 2 is 1.81 bits per heavy atom. The Bertz CT molecular complexity index is 663. The van der Waals surface area contributed by atoms with Crippen LogP contribution >= 0.6 is 0 Å². The Balaban J connectivity index is 1.75. The molecule has 1 heterocycles. The SMILES string of the molecule is COc1ccc(CC2=NN(c3ccccc3)C(=O)C2)cc1. The van der Waals surface area contributed by atoms with Crippen molar-refractivity contribution in [3.63, 3.8) is 0 Å². The molecule has 1 aliphatic rings. The summed E-state index contributed by atoms with van der Waals surface area (Å²) >= 11 is 0. The van der Waals surface area contributed by atoms with Gasteiger partial charge in [-0.15, -0.1) is 0 Å². The van der Waals surface area contributed by atoms with E-state index in [1.165, 1.54) is 5.01 Å². The maximum absolute atomic E-state index is 12.1. The third kappa shape index (κ3) is 2.94. The molecule has 1 amide bonds. The van der Waals surface area contributed by atoms with Gasteiger partial charge >= 0.3 is 0 Å². The van der Waals surface area contributed by atoms with E-state index in [4.69, 9.17) is 4.74 Å². The molecule has 0 spiro atoms.